The quantitative estimate of drug-likeness (QED) is 0.824. The highest BCUT2D eigenvalue weighted by atomic mass is 16.5. The van der Waals surface area contributed by atoms with Crippen molar-refractivity contribution in [3.63, 3.8) is 0 Å². The number of nitrogen functional groups attached to an aromatic ring is 1. The van der Waals surface area contributed by atoms with Crippen LogP contribution in [0.2, 0.25) is 0 Å². The number of carbonyl (C=O) groups excluding carboxylic acids is 1. The lowest BCUT2D eigenvalue weighted by molar-refractivity contribution is 0.102. The molecule has 0 aliphatic heterocycles. The average molecular weight is 284 g/mol. The Morgan fingerprint density at radius 1 is 1.24 bits per heavy atom. The zero-order valence-electron chi connectivity index (χ0n) is 12.3. The summed E-state index contributed by atoms with van der Waals surface area (Å²) < 4.78 is 5.63. The Labute approximate surface area is 124 Å². The van der Waals surface area contributed by atoms with Crippen LogP contribution in [-0.2, 0) is 0 Å². The molecule has 1 amide bonds. The van der Waals surface area contributed by atoms with E-state index in [0.29, 0.717) is 29.3 Å². The van der Waals surface area contributed by atoms with E-state index in [1.54, 1.807) is 12.1 Å². The number of hydrogen-bond donors (Lipinski definition) is 2. The van der Waals surface area contributed by atoms with Gasteiger partial charge in [0.25, 0.3) is 5.91 Å². The second-order valence-corrected chi connectivity index (χ2v) is 4.89. The van der Waals surface area contributed by atoms with Crippen molar-refractivity contribution in [1.29, 1.82) is 0 Å². The van der Waals surface area contributed by atoms with Gasteiger partial charge in [-0.2, -0.15) is 0 Å². The van der Waals surface area contributed by atoms with Gasteiger partial charge >= 0.3 is 0 Å². The molecule has 21 heavy (non-hydrogen) atoms. The minimum Gasteiger partial charge on any atom is -0.491 e. The van der Waals surface area contributed by atoms with Gasteiger partial charge in [-0.05, 0) is 37.6 Å². The number of nitrogens with one attached hydrogen (secondary N) is 1. The summed E-state index contributed by atoms with van der Waals surface area (Å²) in [6, 6.07) is 12.8. The number of benzene rings is 2. The number of aryl methyl sites for hydroxylation is 1. The van der Waals surface area contributed by atoms with Gasteiger partial charge < -0.3 is 15.8 Å². The van der Waals surface area contributed by atoms with Crippen LogP contribution in [0.3, 0.4) is 0 Å². The summed E-state index contributed by atoms with van der Waals surface area (Å²) in [5, 5.41) is 2.86. The first kappa shape index (κ1) is 14.9. The van der Waals surface area contributed by atoms with E-state index in [1.165, 1.54) is 0 Å². The number of rotatable bonds is 5. The summed E-state index contributed by atoms with van der Waals surface area (Å²) in [6.45, 7) is 4.57. The van der Waals surface area contributed by atoms with Crippen LogP contribution in [0.25, 0.3) is 0 Å². The van der Waals surface area contributed by atoms with Crippen LogP contribution < -0.4 is 15.8 Å². The van der Waals surface area contributed by atoms with E-state index < -0.39 is 0 Å². The number of para-hydroxylation sites is 2. The Hall–Kier alpha value is -2.49. The Morgan fingerprint density at radius 3 is 2.76 bits per heavy atom. The van der Waals surface area contributed by atoms with Crippen molar-refractivity contribution >= 4 is 17.3 Å². The number of carbonyl (C=O) groups is 1. The highest BCUT2D eigenvalue weighted by Crippen LogP contribution is 2.25. The summed E-state index contributed by atoms with van der Waals surface area (Å²) in [5.41, 5.74) is 8.45. The molecule has 0 saturated carbocycles. The van der Waals surface area contributed by atoms with Crippen molar-refractivity contribution in [3.8, 4) is 5.75 Å². The highest BCUT2D eigenvalue weighted by molar-refractivity contribution is 6.08. The van der Waals surface area contributed by atoms with E-state index in [1.807, 2.05) is 44.2 Å². The summed E-state index contributed by atoms with van der Waals surface area (Å²) in [4.78, 5) is 12.4. The third-order valence-electron chi connectivity index (χ3n) is 3.05. The van der Waals surface area contributed by atoms with E-state index >= 15 is 0 Å². The fourth-order valence-electron chi connectivity index (χ4n) is 1.96. The van der Waals surface area contributed by atoms with Crippen molar-refractivity contribution in [2.75, 3.05) is 17.7 Å². The number of amides is 1. The molecule has 0 radical (unpaired) electrons. The monoisotopic (exact) mass is 284 g/mol. The topological polar surface area (TPSA) is 64.3 Å². The average Bonchev–Trinajstić information content (AvgIpc) is 2.48. The second-order valence-electron chi connectivity index (χ2n) is 4.89. The number of anilines is 2. The van der Waals surface area contributed by atoms with E-state index in [2.05, 4.69) is 5.32 Å². The minimum atomic E-state index is -0.233. The van der Waals surface area contributed by atoms with Gasteiger partial charge in [-0.3, -0.25) is 4.79 Å². The molecule has 2 rings (SSSR count). The van der Waals surface area contributed by atoms with Crippen LogP contribution in [0.15, 0.2) is 42.5 Å². The smallest absolute Gasteiger partial charge is 0.257 e. The number of hydrogen-bond acceptors (Lipinski definition) is 3. The maximum absolute atomic E-state index is 12.4. The first-order valence-corrected chi connectivity index (χ1v) is 7.01. The van der Waals surface area contributed by atoms with Crippen LogP contribution in [0, 0.1) is 6.92 Å². The first-order valence-electron chi connectivity index (χ1n) is 7.01. The molecule has 0 heterocycles. The summed E-state index contributed by atoms with van der Waals surface area (Å²) in [7, 11) is 0. The van der Waals surface area contributed by atoms with Gasteiger partial charge in [0.1, 0.15) is 5.75 Å². The molecule has 3 N–H and O–H groups in total. The third-order valence-corrected chi connectivity index (χ3v) is 3.05. The van der Waals surface area contributed by atoms with Crippen LogP contribution >= 0.6 is 0 Å². The molecule has 4 heteroatoms. The van der Waals surface area contributed by atoms with E-state index in [4.69, 9.17) is 10.5 Å². The first-order chi connectivity index (χ1) is 10.1. The SMILES string of the molecule is CCCOc1ccccc1NC(=O)c1cc(C)ccc1N. The molecule has 0 aromatic heterocycles. The molecule has 2 aromatic rings. The van der Waals surface area contributed by atoms with Gasteiger partial charge in [0.15, 0.2) is 0 Å². The summed E-state index contributed by atoms with van der Waals surface area (Å²) >= 11 is 0. The van der Waals surface area contributed by atoms with Crippen molar-refractivity contribution in [1.82, 2.24) is 0 Å². The maximum atomic E-state index is 12.4. The van der Waals surface area contributed by atoms with Crippen LogP contribution in [0.1, 0.15) is 29.3 Å². The molecule has 0 aliphatic carbocycles. The fourth-order valence-corrected chi connectivity index (χ4v) is 1.96. The normalized spacial score (nSPS) is 10.2. The molecule has 4 nitrogen and oxygen atoms in total. The lowest BCUT2D eigenvalue weighted by Crippen LogP contribution is -2.15. The Bertz CT molecular complexity index is 638. The molecule has 110 valence electrons. The predicted octanol–water partition coefficient (Wildman–Crippen LogP) is 3.62. The lowest BCUT2D eigenvalue weighted by Gasteiger charge is -2.13. The van der Waals surface area contributed by atoms with Gasteiger partial charge in [0.2, 0.25) is 0 Å². The number of ether oxygens (including phenoxy) is 1. The Kier molecular flexibility index (Phi) is 4.82. The van der Waals surface area contributed by atoms with E-state index in [0.717, 1.165) is 12.0 Å². The van der Waals surface area contributed by atoms with Crippen molar-refractivity contribution < 1.29 is 9.53 Å². The largest absolute Gasteiger partial charge is 0.491 e. The van der Waals surface area contributed by atoms with E-state index in [9.17, 15) is 4.79 Å². The fraction of sp³-hybridized carbons (Fsp3) is 0.235. The molecule has 0 unspecified atom stereocenters. The van der Waals surface area contributed by atoms with Crippen LogP contribution in [0.5, 0.6) is 5.75 Å². The molecular formula is C17H20N2O2. The summed E-state index contributed by atoms with van der Waals surface area (Å²) in [5.74, 6) is 0.433. The van der Waals surface area contributed by atoms with Gasteiger partial charge in [0.05, 0.1) is 17.9 Å². The zero-order valence-corrected chi connectivity index (χ0v) is 12.3. The third kappa shape index (κ3) is 3.75. The molecule has 0 spiro atoms. The lowest BCUT2D eigenvalue weighted by atomic mass is 10.1. The number of nitrogens with two attached hydrogens (primary N) is 1. The Morgan fingerprint density at radius 2 is 2.00 bits per heavy atom. The molecule has 0 fully saturated rings. The molecule has 0 atom stereocenters. The van der Waals surface area contributed by atoms with Gasteiger partial charge in [0, 0.05) is 5.69 Å². The zero-order chi connectivity index (χ0) is 15.2. The standard InChI is InChI=1S/C17H20N2O2/c1-3-10-21-16-7-5-4-6-15(16)19-17(20)13-11-12(2)8-9-14(13)18/h4-9,11H,3,10,18H2,1-2H3,(H,19,20). The van der Waals surface area contributed by atoms with Crippen molar-refractivity contribution in [2.24, 2.45) is 0 Å². The van der Waals surface area contributed by atoms with E-state index in [-0.39, 0.29) is 5.91 Å². The Balaban J connectivity index is 2.21. The highest BCUT2D eigenvalue weighted by Gasteiger charge is 2.12. The van der Waals surface area contributed by atoms with Gasteiger partial charge in [-0.25, -0.2) is 0 Å². The molecular weight excluding hydrogens is 264 g/mol. The molecule has 0 saturated heterocycles. The second kappa shape index (κ2) is 6.79. The summed E-state index contributed by atoms with van der Waals surface area (Å²) in [6.07, 6.45) is 0.910. The maximum Gasteiger partial charge on any atom is 0.257 e. The van der Waals surface area contributed by atoms with Gasteiger partial charge in [-0.15, -0.1) is 0 Å². The van der Waals surface area contributed by atoms with Crippen molar-refractivity contribution in [3.05, 3.63) is 53.6 Å². The predicted molar refractivity (Wildman–Crippen MR) is 85.8 cm³/mol. The van der Waals surface area contributed by atoms with Crippen LogP contribution in [-0.4, -0.2) is 12.5 Å². The molecule has 0 aliphatic rings. The van der Waals surface area contributed by atoms with Crippen molar-refractivity contribution in [2.45, 2.75) is 20.3 Å². The van der Waals surface area contributed by atoms with Gasteiger partial charge in [-0.1, -0.05) is 30.7 Å². The molecule has 0 bridgehead atoms. The minimum absolute atomic E-state index is 0.233. The molecule has 2 aromatic carbocycles. The van der Waals surface area contributed by atoms with Crippen LogP contribution in [0.4, 0.5) is 11.4 Å².